The van der Waals surface area contributed by atoms with E-state index < -0.39 is 39.5 Å². The van der Waals surface area contributed by atoms with E-state index in [2.05, 4.69) is 5.32 Å². The smallest absolute Gasteiger partial charge is 0.243 e. The number of nitriles is 1. The van der Waals surface area contributed by atoms with Crippen molar-refractivity contribution in [3.05, 3.63) is 64.7 Å². The number of amides is 1. The van der Waals surface area contributed by atoms with Gasteiger partial charge in [0.05, 0.1) is 11.0 Å². The van der Waals surface area contributed by atoms with Crippen LogP contribution in [0.1, 0.15) is 35.6 Å². The number of rotatable bonds is 5. The van der Waals surface area contributed by atoms with Crippen LogP contribution in [0.5, 0.6) is 0 Å². The summed E-state index contributed by atoms with van der Waals surface area (Å²) < 4.78 is 54.2. The van der Waals surface area contributed by atoms with E-state index in [1.54, 1.807) is 18.2 Å². The average molecular weight is 448 g/mol. The summed E-state index contributed by atoms with van der Waals surface area (Å²) in [6, 6.07) is 8.32. The molecule has 1 aliphatic heterocycles. The lowest BCUT2D eigenvalue weighted by atomic mass is 9.96. The first-order chi connectivity index (χ1) is 14.6. The summed E-state index contributed by atoms with van der Waals surface area (Å²) in [4.78, 5) is 12.8. The zero-order valence-corrected chi connectivity index (χ0v) is 18.0. The van der Waals surface area contributed by atoms with Gasteiger partial charge in [0.2, 0.25) is 15.9 Å². The van der Waals surface area contributed by atoms with E-state index in [9.17, 15) is 27.3 Å². The Morgan fingerprint density at radius 2 is 1.81 bits per heavy atom. The van der Waals surface area contributed by atoms with Crippen LogP contribution >= 0.6 is 0 Å². The number of halogens is 2. The van der Waals surface area contributed by atoms with Gasteiger partial charge in [0, 0.05) is 30.6 Å². The number of piperidine rings is 1. The van der Waals surface area contributed by atoms with Gasteiger partial charge in [0.15, 0.2) is 0 Å². The number of carbonyl (C=O) groups is 1. The van der Waals surface area contributed by atoms with Crippen molar-refractivity contribution in [2.45, 2.75) is 37.6 Å². The molecule has 0 spiro atoms. The highest BCUT2D eigenvalue weighted by atomic mass is 32.2. The number of hydrogen-bond acceptors (Lipinski definition) is 4. The fourth-order valence-electron chi connectivity index (χ4n) is 3.56. The quantitative estimate of drug-likeness (QED) is 0.761. The molecule has 0 aliphatic carbocycles. The Morgan fingerprint density at radius 3 is 2.39 bits per heavy atom. The summed E-state index contributed by atoms with van der Waals surface area (Å²) in [6.07, 6.45) is 0.555. The molecule has 1 heterocycles. The molecule has 1 N–H and O–H groups in total. The monoisotopic (exact) mass is 447 g/mol. The third kappa shape index (κ3) is 4.92. The average Bonchev–Trinajstić information content (AvgIpc) is 2.74. The van der Waals surface area contributed by atoms with Gasteiger partial charge in [-0.1, -0.05) is 12.1 Å². The molecule has 0 saturated carbocycles. The summed E-state index contributed by atoms with van der Waals surface area (Å²) in [5.74, 6) is -2.66. The Labute approximate surface area is 180 Å². The standard InChI is InChI=1S/C22H23F2N3O3S/c1-14-3-5-18(11-15(14)2)31(29,30)27-9-7-16(8-10-27)22(28)26-21(13-25)19-6-4-17(23)12-20(19)24/h3-6,11-12,16,21H,7-10H2,1-2H3,(H,26,28). The maximum Gasteiger partial charge on any atom is 0.243 e. The number of benzene rings is 2. The largest absolute Gasteiger partial charge is 0.336 e. The topological polar surface area (TPSA) is 90.3 Å². The molecule has 3 rings (SSSR count). The van der Waals surface area contributed by atoms with Gasteiger partial charge in [-0.15, -0.1) is 0 Å². The molecule has 164 valence electrons. The molecule has 1 amide bonds. The molecule has 0 bridgehead atoms. The van der Waals surface area contributed by atoms with Crippen LogP contribution in [0.3, 0.4) is 0 Å². The molecule has 0 aromatic heterocycles. The van der Waals surface area contributed by atoms with Crippen LogP contribution in [0.4, 0.5) is 8.78 Å². The van der Waals surface area contributed by atoms with Crippen molar-refractivity contribution < 1.29 is 22.0 Å². The first-order valence-electron chi connectivity index (χ1n) is 9.86. The molecule has 6 nitrogen and oxygen atoms in total. The van der Waals surface area contributed by atoms with Gasteiger partial charge < -0.3 is 5.32 Å². The first-order valence-corrected chi connectivity index (χ1v) is 11.3. The minimum absolute atomic E-state index is 0.119. The number of hydrogen-bond donors (Lipinski definition) is 1. The van der Waals surface area contributed by atoms with E-state index in [1.807, 2.05) is 19.9 Å². The Morgan fingerprint density at radius 1 is 1.13 bits per heavy atom. The fourth-order valence-corrected chi connectivity index (χ4v) is 5.11. The van der Waals surface area contributed by atoms with Gasteiger partial charge in [0.1, 0.15) is 17.7 Å². The van der Waals surface area contributed by atoms with Crippen LogP contribution in [0.2, 0.25) is 0 Å². The van der Waals surface area contributed by atoms with Crippen LogP contribution in [-0.4, -0.2) is 31.7 Å². The van der Waals surface area contributed by atoms with Gasteiger partial charge >= 0.3 is 0 Å². The summed E-state index contributed by atoms with van der Waals surface area (Å²) in [7, 11) is -3.67. The molecular formula is C22H23F2N3O3S. The zero-order chi connectivity index (χ0) is 22.8. The number of nitrogens with one attached hydrogen (secondary N) is 1. The van der Waals surface area contributed by atoms with E-state index in [-0.39, 0.29) is 36.4 Å². The second-order valence-corrected chi connectivity index (χ2v) is 9.60. The second-order valence-electron chi connectivity index (χ2n) is 7.66. The number of sulfonamides is 1. The first kappa shape index (κ1) is 22.8. The zero-order valence-electron chi connectivity index (χ0n) is 17.2. The highest BCUT2D eigenvalue weighted by Gasteiger charge is 2.33. The van der Waals surface area contributed by atoms with Crippen molar-refractivity contribution in [2.24, 2.45) is 5.92 Å². The summed E-state index contributed by atoms with van der Waals surface area (Å²) in [5, 5.41) is 11.8. The fraction of sp³-hybridized carbons (Fsp3) is 0.364. The molecule has 0 radical (unpaired) electrons. The molecule has 1 unspecified atom stereocenters. The van der Waals surface area contributed by atoms with Crippen LogP contribution < -0.4 is 5.32 Å². The van der Waals surface area contributed by atoms with Gasteiger partial charge in [-0.3, -0.25) is 4.79 Å². The van der Waals surface area contributed by atoms with Crippen molar-refractivity contribution in [1.29, 1.82) is 5.26 Å². The van der Waals surface area contributed by atoms with E-state index >= 15 is 0 Å². The highest BCUT2D eigenvalue weighted by Crippen LogP contribution is 2.26. The molecule has 1 atom stereocenters. The summed E-state index contributed by atoms with van der Waals surface area (Å²) in [5.41, 5.74) is 1.76. The van der Waals surface area contributed by atoms with Crippen molar-refractivity contribution in [2.75, 3.05) is 13.1 Å². The molecule has 1 saturated heterocycles. The Hall–Kier alpha value is -2.83. The molecule has 1 fully saturated rings. The third-order valence-electron chi connectivity index (χ3n) is 5.63. The van der Waals surface area contributed by atoms with Gasteiger partial charge in [-0.2, -0.15) is 9.57 Å². The van der Waals surface area contributed by atoms with Gasteiger partial charge in [-0.05, 0) is 56.0 Å². The Bertz CT molecular complexity index is 1140. The van der Waals surface area contributed by atoms with Crippen molar-refractivity contribution in [3.63, 3.8) is 0 Å². The van der Waals surface area contributed by atoms with Crippen LogP contribution in [0.15, 0.2) is 41.3 Å². The van der Waals surface area contributed by atoms with Gasteiger partial charge in [0.25, 0.3) is 0 Å². The predicted molar refractivity (Wildman–Crippen MR) is 110 cm³/mol. The maximum absolute atomic E-state index is 14.0. The second kappa shape index (κ2) is 9.12. The van der Waals surface area contributed by atoms with Crippen LogP contribution in [-0.2, 0) is 14.8 Å². The SMILES string of the molecule is Cc1ccc(S(=O)(=O)N2CCC(C(=O)NC(C#N)c3ccc(F)cc3F)CC2)cc1C. The number of nitrogens with zero attached hydrogens (tertiary/aromatic N) is 2. The minimum atomic E-state index is -3.67. The lowest BCUT2D eigenvalue weighted by Gasteiger charge is -2.31. The normalized spacial score (nSPS) is 16.5. The predicted octanol–water partition coefficient (Wildman–Crippen LogP) is 3.36. The van der Waals surface area contributed by atoms with E-state index in [0.717, 1.165) is 23.3 Å². The number of aryl methyl sites for hydroxylation is 2. The Kier molecular flexibility index (Phi) is 6.72. The van der Waals surface area contributed by atoms with E-state index in [1.165, 1.54) is 4.31 Å². The van der Waals surface area contributed by atoms with Crippen molar-refractivity contribution >= 4 is 15.9 Å². The minimum Gasteiger partial charge on any atom is -0.336 e. The third-order valence-corrected chi connectivity index (χ3v) is 7.52. The van der Waals surface area contributed by atoms with E-state index in [4.69, 9.17) is 0 Å². The molecule has 2 aromatic carbocycles. The lowest BCUT2D eigenvalue weighted by molar-refractivity contribution is -0.126. The summed E-state index contributed by atoms with van der Waals surface area (Å²) >= 11 is 0. The Balaban J connectivity index is 1.65. The molecule has 1 aliphatic rings. The maximum atomic E-state index is 14.0. The van der Waals surface area contributed by atoms with Crippen LogP contribution in [0.25, 0.3) is 0 Å². The molecule has 31 heavy (non-hydrogen) atoms. The highest BCUT2D eigenvalue weighted by molar-refractivity contribution is 7.89. The van der Waals surface area contributed by atoms with Crippen molar-refractivity contribution in [1.82, 2.24) is 9.62 Å². The van der Waals surface area contributed by atoms with Crippen LogP contribution in [0, 0.1) is 42.7 Å². The van der Waals surface area contributed by atoms with Gasteiger partial charge in [-0.25, -0.2) is 17.2 Å². The van der Waals surface area contributed by atoms with E-state index in [0.29, 0.717) is 6.07 Å². The molecular weight excluding hydrogens is 424 g/mol. The summed E-state index contributed by atoms with van der Waals surface area (Å²) in [6.45, 7) is 4.08. The number of carbonyl (C=O) groups excluding carboxylic acids is 1. The van der Waals surface area contributed by atoms with Crippen molar-refractivity contribution in [3.8, 4) is 6.07 Å². The molecule has 9 heteroatoms. The molecule has 2 aromatic rings. The lowest BCUT2D eigenvalue weighted by Crippen LogP contribution is -2.43.